The van der Waals surface area contributed by atoms with Crippen LogP contribution in [0, 0.1) is 0 Å². The summed E-state index contributed by atoms with van der Waals surface area (Å²) in [5.74, 6) is 0.772. The number of carbonyl (C=O) groups excluding carboxylic acids is 2. The second-order valence-electron chi connectivity index (χ2n) is 6.54. The van der Waals surface area contributed by atoms with Crippen LogP contribution in [0.15, 0.2) is 48.5 Å². The van der Waals surface area contributed by atoms with Gasteiger partial charge in [0.2, 0.25) is 5.91 Å². The van der Waals surface area contributed by atoms with Crippen molar-refractivity contribution in [2.75, 3.05) is 25.6 Å². The predicted molar refractivity (Wildman–Crippen MR) is 108 cm³/mol. The van der Waals surface area contributed by atoms with E-state index in [2.05, 4.69) is 5.32 Å². The number of para-hydroxylation sites is 3. The molecule has 0 unspecified atom stereocenters. The molecule has 0 atom stereocenters. The maximum atomic E-state index is 12.6. The Morgan fingerprint density at radius 1 is 1.11 bits per heavy atom. The Morgan fingerprint density at radius 3 is 2.46 bits per heavy atom. The van der Waals surface area contributed by atoms with Crippen LogP contribution in [0.3, 0.4) is 0 Å². The number of carbonyl (C=O) groups is 2. The SMILES string of the molecule is COc1ccccc1OCC(=O)N(CCC(=O)Nc1ccccc1Cl)C1CC1. The molecule has 0 saturated heterocycles. The summed E-state index contributed by atoms with van der Waals surface area (Å²) in [6.07, 6.45) is 2.10. The van der Waals surface area contributed by atoms with Gasteiger partial charge in [-0.15, -0.1) is 0 Å². The fourth-order valence-corrected chi connectivity index (χ4v) is 3.04. The van der Waals surface area contributed by atoms with Crippen molar-refractivity contribution in [1.29, 1.82) is 0 Å². The molecule has 3 rings (SSSR count). The molecule has 1 N–H and O–H groups in total. The number of hydrogen-bond donors (Lipinski definition) is 1. The minimum Gasteiger partial charge on any atom is -0.493 e. The Labute approximate surface area is 169 Å². The van der Waals surface area contributed by atoms with Gasteiger partial charge >= 0.3 is 0 Å². The van der Waals surface area contributed by atoms with Crippen LogP contribution in [0.2, 0.25) is 5.02 Å². The van der Waals surface area contributed by atoms with Crippen molar-refractivity contribution >= 4 is 29.1 Å². The number of halogens is 1. The number of methoxy groups -OCH3 is 1. The summed E-state index contributed by atoms with van der Waals surface area (Å²) in [5, 5.41) is 3.26. The van der Waals surface area contributed by atoms with Gasteiger partial charge in [0, 0.05) is 19.0 Å². The molecule has 1 aliphatic rings. The van der Waals surface area contributed by atoms with E-state index < -0.39 is 0 Å². The smallest absolute Gasteiger partial charge is 0.260 e. The Balaban J connectivity index is 1.52. The average Bonchev–Trinajstić information content (AvgIpc) is 3.53. The Kier molecular flexibility index (Phi) is 6.76. The molecule has 0 aliphatic heterocycles. The highest BCUT2D eigenvalue weighted by Gasteiger charge is 2.32. The van der Waals surface area contributed by atoms with E-state index in [-0.39, 0.29) is 30.9 Å². The number of nitrogens with zero attached hydrogens (tertiary/aromatic N) is 1. The van der Waals surface area contributed by atoms with Crippen LogP contribution in [-0.4, -0.2) is 43.0 Å². The number of anilines is 1. The summed E-state index contributed by atoms with van der Waals surface area (Å²) in [6.45, 7) is 0.248. The Morgan fingerprint density at radius 2 is 1.79 bits per heavy atom. The van der Waals surface area contributed by atoms with E-state index in [0.29, 0.717) is 28.8 Å². The molecule has 2 aromatic rings. The third kappa shape index (κ3) is 5.39. The maximum absolute atomic E-state index is 12.6. The first-order valence-corrected chi connectivity index (χ1v) is 9.56. The minimum atomic E-state index is -0.183. The zero-order valence-corrected chi connectivity index (χ0v) is 16.4. The zero-order valence-electron chi connectivity index (χ0n) is 15.7. The lowest BCUT2D eigenvalue weighted by Crippen LogP contribution is -2.38. The van der Waals surface area contributed by atoms with Crippen molar-refractivity contribution in [3.63, 3.8) is 0 Å². The largest absolute Gasteiger partial charge is 0.493 e. The molecule has 28 heavy (non-hydrogen) atoms. The molecule has 1 saturated carbocycles. The van der Waals surface area contributed by atoms with Gasteiger partial charge in [0.25, 0.3) is 5.91 Å². The lowest BCUT2D eigenvalue weighted by Gasteiger charge is -2.22. The number of amides is 2. The number of nitrogens with one attached hydrogen (secondary N) is 1. The van der Waals surface area contributed by atoms with Gasteiger partial charge in [-0.2, -0.15) is 0 Å². The van der Waals surface area contributed by atoms with Crippen molar-refractivity contribution in [2.24, 2.45) is 0 Å². The molecule has 0 spiro atoms. The molecule has 0 aromatic heterocycles. The standard InChI is InChI=1S/C21H23ClN2O4/c1-27-18-8-4-5-9-19(18)28-14-21(26)24(15-10-11-15)13-12-20(25)23-17-7-3-2-6-16(17)22/h2-9,15H,10-14H2,1H3,(H,23,25). The second kappa shape index (κ2) is 9.46. The summed E-state index contributed by atoms with van der Waals surface area (Å²) in [5.41, 5.74) is 0.568. The third-order valence-corrected chi connectivity index (χ3v) is 4.79. The highest BCUT2D eigenvalue weighted by Crippen LogP contribution is 2.29. The molecule has 6 nitrogen and oxygen atoms in total. The van der Waals surface area contributed by atoms with Gasteiger partial charge in [-0.3, -0.25) is 9.59 Å². The van der Waals surface area contributed by atoms with Crippen LogP contribution < -0.4 is 14.8 Å². The van der Waals surface area contributed by atoms with E-state index in [1.54, 1.807) is 48.4 Å². The molecule has 0 heterocycles. The third-order valence-electron chi connectivity index (χ3n) is 4.46. The zero-order chi connectivity index (χ0) is 19.9. The first-order chi connectivity index (χ1) is 13.6. The van der Waals surface area contributed by atoms with Crippen LogP contribution in [0.25, 0.3) is 0 Å². The van der Waals surface area contributed by atoms with Crippen molar-refractivity contribution in [2.45, 2.75) is 25.3 Å². The highest BCUT2D eigenvalue weighted by atomic mass is 35.5. The lowest BCUT2D eigenvalue weighted by atomic mass is 10.3. The molecule has 148 valence electrons. The van der Waals surface area contributed by atoms with Crippen LogP contribution >= 0.6 is 11.6 Å². The number of benzene rings is 2. The first kappa shape index (κ1) is 20.0. The summed E-state index contributed by atoms with van der Waals surface area (Å²) in [6, 6.07) is 14.4. The molecule has 2 aromatic carbocycles. The van der Waals surface area contributed by atoms with Crippen molar-refractivity contribution in [3.05, 3.63) is 53.6 Å². The number of ether oxygens (including phenoxy) is 2. The summed E-state index contributed by atoms with van der Waals surface area (Å²) >= 11 is 6.06. The summed E-state index contributed by atoms with van der Waals surface area (Å²) < 4.78 is 10.9. The number of rotatable bonds is 9. The van der Waals surface area contributed by atoms with Gasteiger partial charge in [0.1, 0.15) is 0 Å². The number of hydrogen-bond acceptors (Lipinski definition) is 4. The highest BCUT2D eigenvalue weighted by molar-refractivity contribution is 6.33. The Hall–Kier alpha value is -2.73. The van der Waals surface area contributed by atoms with Crippen molar-refractivity contribution in [1.82, 2.24) is 4.90 Å². The molecule has 7 heteroatoms. The van der Waals surface area contributed by atoms with E-state index in [1.165, 1.54) is 0 Å². The van der Waals surface area contributed by atoms with Crippen LogP contribution in [0.4, 0.5) is 5.69 Å². The predicted octanol–water partition coefficient (Wildman–Crippen LogP) is 3.75. The van der Waals surface area contributed by atoms with Gasteiger partial charge in [-0.25, -0.2) is 0 Å². The van der Waals surface area contributed by atoms with Crippen molar-refractivity contribution < 1.29 is 19.1 Å². The normalized spacial score (nSPS) is 12.9. The van der Waals surface area contributed by atoms with Crippen LogP contribution in [0.1, 0.15) is 19.3 Å². The van der Waals surface area contributed by atoms with E-state index in [9.17, 15) is 9.59 Å². The molecule has 0 bridgehead atoms. The monoisotopic (exact) mass is 402 g/mol. The summed E-state index contributed by atoms with van der Waals surface area (Å²) in [4.78, 5) is 26.6. The molecular formula is C21H23ClN2O4. The van der Waals surface area contributed by atoms with Gasteiger partial charge in [-0.05, 0) is 37.1 Å². The van der Waals surface area contributed by atoms with Gasteiger partial charge in [0.15, 0.2) is 18.1 Å². The Bertz CT molecular complexity index is 839. The van der Waals surface area contributed by atoms with E-state index >= 15 is 0 Å². The van der Waals surface area contributed by atoms with Gasteiger partial charge in [0.05, 0.1) is 17.8 Å². The van der Waals surface area contributed by atoms with E-state index in [1.807, 2.05) is 12.1 Å². The van der Waals surface area contributed by atoms with Crippen LogP contribution in [0.5, 0.6) is 11.5 Å². The van der Waals surface area contributed by atoms with Gasteiger partial charge in [-0.1, -0.05) is 35.9 Å². The van der Waals surface area contributed by atoms with E-state index in [4.69, 9.17) is 21.1 Å². The van der Waals surface area contributed by atoms with Gasteiger partial charge < -0.3 is 19.7 Å². The van der Waals surface area contributed by atoms with E-state index in [0.717, 1.165) is 12.8 Å². The molecule has 1 fully saturated rings. The molecule has 0 radical (unpaired) electrons. The first-order valence-electron chi connectivity index (χ1n) is 9.18. The molecule has 1 aliphatic carbocycles. The fourth-order valence-electron chi connectivity index (χ4n) is 2.85. The maximum Gasteiger partial charge on any atom is 0.260 e. The van der Waals surface area contributed by atoms with Crippen molar-refractivity contribution in [3.8, 4) is 11.5 Å². The molecule has 2 amide bonds. The second-order valence-corrected chi connectivity index (χ2v) is 6.94. The minimum absolute atomic E-state index is 0.0942. The topological polar surface area (TPSA) is 67.9 Å². The summed E-state index contributed by atoms with van der Waals surface area (Å²) in [7, 11) is 1.55. The quantitative estimate of drug-likeness (QED) is 0.693. The van der Waals surface area contributed by atoms with Crippen LogP contribution in [-0.2, 0) is 9.59 Å². The lowest BCUT2D eigenvalue weighted by molar-refractivity contribution is -0.134. The average molecular weight is 403 g/mol. The molecular weight excluding hydrogens is 380 g/mol. The fraction of sp³-hybridized carbons (Fsp3) is 0.333.